The van der Waals surface area contributed by atoms with Gasteiger partial charge in [0.15, 0.2) is 0 Å². The van der Waals surface area contributed by atoms with Crippen LogP contribution in [0.15, 0.2) is 0 Å². The van der Waals surface area contributed by atoms with E-state index >= 15 is 0 Å². The molecule has 1 rings (SSSR count). The van der Waals surface area contributed by atoms with E-state index in [2.05, 4.69) is 4.90 Å². The molecule has 4 nitrogen and oxygen atoms in total. The van der Waals surface area contributed by atoms with E-state index in [4.69, 9.17) is 5.73 Å². The van der Waals surface area contributed by atoms with Gasteiger partial charge in [0.2, 0.25) is 5.91 Å². The Labute approximate surface area is 105 Å². The molecule has 1 fully saturated rings. The Morgan fingerprint density at radius 3 is 2.35 bits per heavy atom. The van der Waals surface area contributed by atoms with Gasteiger partial charge in [0, 0.05) is 20.1 Å². The third-order valence-corrected chi connectivity index (χ3v) is 3.53. The Hall–Kier alpha value is -0.610. The molecular weight excluding hydrogens is 214 g/mol. The number of hydrogen-bond acceptors (Lipinski definition) is 3. The molecule has 0 unspecified atom stereocenters. The number of nitrogens with two attached hydrogens (primary N) is 1. The van der Waals surface area contributed by atoms with Crippen LogP contribution in [0.25, 0.3) is 0 Å². The van der Waals surface area contributed by atoms with Crippen molar-refractivity contribution >= 4 is 5.91 Å². The highest BCUT2D eigenvalue weighted by molar-refractivity contribution is 5.82. The zero-order valence-electron chi connectivity index (χ0n) is 11.7. The van der Waals surface area contributed by atoms with Crippen LogP contribution in [0.4, 0.5) is 0 Å². The van der Waals surface area contributed by atoms with Gasteiger partial charge in [-0.15, -0.1) is 0 Å². The second kappa shape index (κ2) is 5.83. The quantitative estimate of drug-likeness (QED) is 0.796. The molecule has 0 aromatic rings. The zero-order valence-corrected chi connectivity index (χ0v) is 11.7. The minimum absolute atomic E-state index is 0.0525. The number of likely N-dealkylation sites (N-methyl/N-ethyl adjacent to an activating group) is 1. The zero-order chi connectivity index (χ0) is 13.1. The topological polar surface area (TPSA) is 49.6 Å². The largest absolute Gasteiger partial charge is 0.343 e. The van der Waals surface area contributed by atoms with Crippen LogP contribution >= 0.6 is 0 Å². The Morgan fingerprint density at radius 2 is 1.88 bits per heavy atom. The summed E-state index contributed by atoms with van der Waals surface area (Å²) >= 11 is 0. The summed E-state index contributed by atoms with van der Waals surface area (Å²) in [4.78, 5) is 16.3. The average molecular weight is 241 g/mol. The number of carbonyl (C=O) groups is 1. The number of hydrogen-bond donors (Lipinski definition) is 1. The average Bonchev–Trinajstić information content (AvgIpc) is 2.75. The molecule has 1 aliphatic heterocycles. The first-order valence-corrected chi connectivity index (χ1v) is 6.55. The third-order valence-electron chi connectivity index (χ3n) is 3.53. The lowest BCUT2D eigenvalue weighted by molar-refractivity contribution is -0.133. The maximum atomic E-state index is 12.1. The molecule has 0 aromatic carbocycles. The molecular formula is C13H27N3O. The molecule has 0 bridgehead atoms. The van der Waals surface area contributed by atoms with Crippen molar-refractivity contribution in [3.63, 3.8) is 0 Å². The van der Waals surface area contributed by atoms with Crippen LogP contribution in [-0.2, 0) is 4.79 Å². The Kier molecular flexibility index (Phi) is 4.95. The molecule has 0 aliphatic carbocycles. The van der Waals surface area contributed by atoms with Crippen molar-refractivity contribution in [1.82, 2.24) is 9.80 Å². The van der Waals surface area contributed by atoms with Gasteiger partial charge in [0.05, 0.1) is 6.04 Å². The van der Waals surface area contributed by atoms with Gasteiger partial charge in [-0.3, -0.25) is 4.79 Å². The summed E-state index contributed by atoms with van der Waals surface area (Å²) in [6.07, 6.45) is 2.58. The van der Waals surface area contributed by atoms with Gasteiger partial charge in [-0.25, -0.2) is 0 Å². The van der Waals surface area contributed by atoms with Crippen molar-refractivity contribution < 1.29 is 4.79 Å². The van der Waals surface area contributed by atoms with Crippen molar-refractivity contribution in [2.24, 2.45) is 11.1 Å². The Morgan fingerprint density at radius 1 is 1.35 bits per heavy atom. The first kappa shape index (κ1) is 14.5. The van der Waals surface area contributed by atoms with Crippen molar-refractivity contribution in [2.45, 2.75) is 39.7 Å². The fraction of sp³-hybridized carbons (Fsp3) is 0.923. The number of rotatable bonds is 4. The van der Waals surface area contributed by atoms with Crippen LogP contribution in [0.5, 0.6) is 0 Å². The Balaban J connectivity index is 2.35. The maximum absolute atomic E-state index is 12.1. The van der Waals surface area contributed by atoms with E-state index < -0.39 is 6.04 Å². The van der Waals surface area contributed by atoms with E-state index in [0.29, 0.717) is 0 Å². The predicted octanol–water partition coefficient (Wildman–Crippen LogP) is 0.914. The van der Waals surface area contributed by atoms with Crippen LogP contribution in [0.3, 0.4) is 0 Å². The van der Waals surface area contributed by atoms with Gasteiger partial charge in [-0.1, -0.05) is 20.8 Å². The number of carbonyl (C=O) groups excluding carboxylic acids is 1. The maximum Gasteiger partial charge on any atom is 0.239 e. The molecule has 1 atom stereocenters. The summed E-state index contributed by atoms with van der Waals surface area (Å²) in [6.45, 7) is 10.1. The highest BCUT2D eigenvalue weighted by atomic mass is 16.2. The summed E-state index contributed by atoms with van der Waals surface area (Å²) in [5.41, 5.74) is 5.81. The van der Waals surface area contributed by atoms with E-state index in [0.717, 1.165) is 13.1 Å². The molecule has 0 saturated carbocycles. The number of nitrogens with zero attached hydrogens (tertiary/aromatic N) is 2. The van der Waals surface area contributed by atoms with E-state index in [-0.39, 0.29) is 11.3 Å². The van der Waals surface area contributed by atoms with Crippen LogP contribution in [0.1, 0.15) is 33.6 Å². The minimum Gasteiger partial charge on any atom is -0.343 e. The summed E-state index contributed by atoms with van der Waals surface area (Å²) in [6, 6.07) is -0.411. The van der Waals surface area contributed by atoms with Gasteiger partial charge in [0.1, 0.15) is 0 Å². The van der Waals surface area contributed by atoms with Crippen LogP contribution in [-0.4, -0.2) is 55.0 Å². The van der Waals surface area contributed by atoms with E-state index in [1.807, 2.05) is 27.8 Å². The molecule has 1 aliphatic rings. The number of likely N-dealkylation sites (tertiary alicyclic amines) is 1. The summed E-state index contributed by atoms with van der Waals surface area (Å²) in [5, 5.41) is 0. The van der Waals surface area contributed by atoms with Crippen LogP contribution in [0.2, 0.25) is 0 Å². The molecule has 0 spiro atoms. The van der Waals surface area contributed by atoms with Gasteiger partial charge in [-0.05, 0) is 31.3 Å². The van der Waals surface area contributed by atoms with Crippen LogP contribution < -0.4 is 5.73 Å². The first-order valence-electron chi connectivity index (χ1n) is 6.55. The van der Waals surface area contributed by atoms with Crippen molar-refractivity contribution in [3.05, 3.63) is 0 Å². The second-order valence-electron chi connectivity index (χ2n) is 6.15. The van der Waals surface area contributed by atoms with Crippen LogP contribution in [0, 0.1) is 5.41 Å². The molecule has 4 heteroatoms. The molecule has 0 radical (unpaired) electrons. The summed E-state index contributed by atoms with van der Waals surface area (Å²) < 4.78 is 0. The van der Waals surface area contributed by atoms with Gasteiger partial charge in [0.25, 0.3) is 0 Å². The van der Waals surface area contributed by atoms with Gasteiger partial charge >= 0.3 is 0 Å². The minimum atomic E-state index is -0.411. The summed E-state index contributed by atoms with van der Waals surface area (Å²) in [5.74, 6) is 0.0525. The van der Waals surface area contributed by atoms with Crippen molar-refractivity contribution in [2.75, 3.05) is 33.2 Å². The highest BCUT2D eigenvalue weighted by Gasteiger charge is 2.29. The lowest BCUT2D eigenvalue weighted by atomic mass is 9.86. The molecule has 1 amide bonds. The SMILES string of the molecule is CN(CCN1CCCC1)C(=O)[C@@H](N)C(C)(C)C. The van der Waals surface area contributed by atoms with Crippen molar-refractivity contribution in [3.8, 4) is 0 Å². The van der Waals surface area contributed by atoms with E-state index in [9.17, 15) is 4.79 Å². The van der Waals surface area contributed by atoms with Gasteiger partial charge in [-0.2, -0.15) is 0 Å². The van der Waals surface area contributed by atoms with Crippen molar-refractivity contribution in [1.29, 1.82) is 0 Å². The molecule has 2 N–H and O–H groups in total. The third kappa shape index (κ3) is 4.28. The molecule has 1 saturated heterocycles. The second-order valence-corrected chi connectivity index (χ2v) is 6.15. The smallest absolute Gasteiger partial charge is 0.239 e. The molecule has 1 heterocycles. The lowest BCUT2D eigenvalue weighted by Crippen LogP contribution is -2.50. The predicted molar refractivity (Wildman–Crippen MR) is 70.7 cm³/mol. The normalized spacial score (nSPS) is 19.4. The molecule has 17 heavy (non-hydrogen) atoms. The fourth-order valence-corrected chi connectivity index (χ4v) is 2.02. The Bertz CT molecular complexity index is 254. The monoisotopic (exact) mass is 241 g/mol. The lowest BCUT2D eigenvalue weighted by Gasteiger charge is -2.30. The molecule has 100 valence electrons. The first-order chi connectivity index (χ1) is 7.82. The van der Waals surface area contributed by atoms with E-state index in [1.54, 1.807) is 4.90 Å². The standard InChI is InChI=1S/C13H27N3O/c1-13(2,3)11(14)12(17)15(4)9-10-16-7-5-6-8-16/h11H,5-10,14H2,1-4H3/t11-/m1/s1. The fourth-order valence-electron chi connectivity index (χ4n) is 2.02. The van der Waals surface area contributed by atoms with E-state index in [1.165, 1.54) is 25.9 Å². The number of amides is 1. The van der Waals surface area contributed by atoms with Gasteiger partial charge < -0.3 is 15.5 Å². The summed E-state index contributed by atoms with van der Waals surface area (Å²) in [7, 11) is 1.85. The highest BCUT2D eigenvalue weighted by Crippen LogP contribution is 2.18. The molecule has 0 aromatic heterocycles.